The van der Waals surface area contributed by atoms with Crippen LogP contribution < -0.4 is 5.32 Å². The van der Waals surface area contributed by atoms with Gasteiger partial charge in [0.1, 0.15) is 0 Å². The Hall–Kier alpha value is 0.440. The molecule has 1 nitrogen and oxygen atoms in total. The first kappa shape index (κ1) is 21.7. The molecule has 0 amide bonds. The molecule has 0 radical (unpaired) electrons. The van der Waals surface area contributed by atoms with Crippen molar-refractivity contribution in [2.45, 2.75) is 91.5 Å². The largest absolute Gasteiger partial charge is 0.314 e. The summed E-state index contributed by atoms with van der Waals surface area (Å²) < 4.78 is 0. The second-order valence-electron chi connectivity index (χ2n) is 6.66. The Morgan fingerprint density at radius 3 is 1.84 bits per heavy atom. The molecule has 118 valence electrons. The second-order valence-corrected chi connectivity index (χ2v) is 6.66. The van der Waals surface area contributed by atoms with Crippen molar-refractivity contribution in [2.24, 2.45) is 11.8 Å². The van der Waals surface area contributed by atoms with E-state index in [0.29, 0.717) is 5.54 Å². The molecular formula is C17H38BrN. The van der Waals surface area contributed by atoms with Gasteiger partial charge in [-0.15, -0.1) is 17.0 Å². The average molecular weight is 336 g/mol. The molecule has 0 aliphatic rings. The zero-order chi connectivity index (χ0) is 14.0. The van der Waals surface area contributed by atoms with Gasteiger partial charge in [0.15, 0.2) is 0 Å². The second kappa shape index (κ2) is 12.2. The fourth-order valence-electron chi connectivity index (χ4n) is 3.28. The molecule has 0 aliphatic carbocycles. The van der Waals surface area contributed by atoms with Crippen LogP contribution in [0.3, 0.4) is 0 Å². The van der Waals surface area contributed by atoms with Crippen molar-refractivity contribution >= 4 is 17.0 Å². The normalized spacial score (nSPS) is 13.4. The van der Waals surface area contributed by atoms with Crippen LogP contribution in [0.15, 0.2) is 0 Å². The number of nitrogens with one attached hydrogen (secondary N) is 1. The molecule has 0 heterocycles. The lowest BCUT2D eigenvalue weighted by atomic mass is 9.79. The maximum absolute atomic E-state index is 3.65. The highest BCUT2D eigenvalue weighted by atomic mass is 79.9. The molecule has 0 aromatic carbocycles. The molecule has 0 aliphatic heterocycles. The van der Waals surface area contributed by atoms with E-state index in [1.165, 1.54) is 51.4 Å². The molecule has 0 aromatic heterocycles. The van der Waals surface area contributed by atoms with Gasteiger partial charge in [0.05, 0.1) is 0 Å². The smallest absolute Gasteiger partial charge is 0.0180 e. The van der Waals surface area contributed by atoms with E-state index in [-0.39, 0.29) is 17.0 Å². The van der Waals surface area contributed by atoms with Crippen molar-refractivity contribution in [1.29, 1.82) is 0 Å². The van der Waals surface area contributed by atoms with Crippen molar-refractivity contribution in [3.05, 3.63) is 0 Å². The minimum absolute atomic E-state index is 0. The maximum Gasteiger partial charge on any atom is 0.0180 e. The van der Waals surface area contributed by atoms with Crippen molar-refractivity contribution in [1.82, 2.24) is 5.32 Å². The molecule has 0 saturated carbocycles. The summed E-state index contributed by atoms with van der Waals surface area (Å²) in [5, 5.41) is 3.65. The summed E-state index contributed by atoms with van der Waals surface area (Å²) in [5.74, 6) is 1.71. The van der Waals surface area contributed by atoms with Crippen molar-refractivity contribution < 1.29 is 0 Å². The molecule has 1 atom stereocenters. The first-order valence-corrected chi connectivity index (χ1v) is 8.18. The van der Waals surface area contributed by atoms with E-state index < -0.39 is 0 Å². The quantitative estimate of drug-likeness (QED) is 0.490. The molecule has 2 heteroatoms. The highest BCUT2D eigenvalue weighted by Crippen LogP contribution is 2.29. The molecular weight excluding hydrogens is 298 g/mol. The Bertz CT molecular complexity index is 186. The standard InChI is InChI=1S/C17H37N.BrH/c1-7-12-17(18-6,13-8-2)14-16(5)11-9-10-15(3)4;/h15-16,18H,7-14H2,1-6H3;1H. The van der Waals surface area contributed by atoms with Crippen LogP contribution in [0.1, 0.15) is 86.0 Å². The van der Waals surface area contributed by atoms with Crippen LogP contribution in [0.5, 0.6) is 0 Å². The predicted octanol–water partition coefficient (Wildman–Crippen LogP) is 5.98. The first-order valence-electron chi connectivity index (χ1n) is 8.18. The van der Waals surface area contributed by atoms with Crippen molar-refractivity contribution in [3.63, 3.8) is 0 Å². The lowest BCUT2D eigenvalue weighted by Crippen LogP contribution is -2.44. The molecule has 0 saturated heterocycles. The third-order valence-electron chi connectivity index (χ3n) is 4.21. The Morgan fingerprint density at radius 2 is 1.47 bits per heavy atom. The molecule has 1 N–H and O–H groups in total. The Morgan fingerprint density at radius 1 is 0.947 bits per heavy atom. The van der Waals surface area contributed by atoms with Crippen LogP contribution >= 0.6 is 17.0 Å². The summed E-state index contributed by atoms with van der Waals surface area (Å²) in [4.78, 5) is 0. The van der Waals surface area contributed by atoms with E-state index >= 15 is 0 Å². The van der Waals surface area contributed by atoms with Gasteiger partial charge in [0.25, 0.3) is 0 Å². The number of rotatable bonds is 11. The van der Waals surface area contributed by atoms with Gasteiger partial charge in [0, 0.05) is 5.54 Å². The number of halogens is 1. The van der Waals surface area contributed by atoms with E-state index in [1.54, 1.807) is 0 Å². The predicted molar refractivity (Wildman–Crippen MR) is 94.4 cm³/mol. The van der Waals surface area contributed by atoms with E-state index in [0.717, 1.165) is 11.8 Å². The molecule has 0 rings (SSSR count). The topological polar surface area (TPSA) is 12.0 Å². The summed E-state index contributed by atoms with van der Waals surface area (Å²) in [5.41, 5.74) is 0.404. The van der Waals surface area contributed by atoms with Crippen LogP contribution in [0, 0.1) is 11.8 Å². The van der Waals surface area contributed by atoms with Crippen LogP contribution in [0.2, 0.25) is 0 Å². The lowest BCUT2D eigenvalue weighted by molar-refractivity contribution is 0.228. The van der Waals surface area contributed by atoms with Gasteiger partial charge < -0.3 is 5.32 Å². The number of hydrogen-bond acceptors (Lipinski definition) is 1. The molecule has 0 fully saturated rings. The highest BCUT2D eigenvalue weighted by Gasteiger charge is 2.27. The van der Waals surface area contributed by atoms with Crippen LogP contribution in [-0.4, -0.2) is 12.6 Å². The van der Waals surface area contributed by atoms with E-state index in [4.69, 9.17) is 0 Å². The summed E-state index contributed by atoms with van der Waals surface area (Å²) in [6.45, 7) is 11.7. The van der Waals surface area contributed by atoms with Gasteiger partial charge >= 0.3 is 0 Å². The van der Waals surface area contributed by atoms with Crippen molar-refractivity contribution in [2.75, 3.05) is 7.05 Å². The molecule has 0 aromatic rings. The monoisotopic (exact) mass is 335 g/mol. The Kier molecular flexibility index (Phi) is 14.0. The minimum Gasteiger partial charge on any atom is -0.314 e. The summed E-state index contributed by atoms with van der Waals surface area (Å²) >= 11 is 0. The van der Waals surface area contributed by atoms with Gasteiger partial charge in [-0.05, 0) is 38.1 Å². The first-order chi connectivity index (χ1) is 8.49. The molecule has 0 spiro atoms. The van der Waals surface area contributed by atoms with Gasteiger partial charge in [-0.3, -0.25) is 0 Å². The molecule has 19 heavy (non-hydrogen) atoms. The third-order valence-corrected chi connectivity index (χ3v) is 4.21. The van der Waals surface area contributed by atoms with E-state index in [1.807, 2.05) is 0 Å². The highest BCUT2D eigenvalue weighted by molar-refractivity contribution is 8.93. The maximum atomic E-state index is 3.65. The van der Waals surface area contributed by atoms with Gasteiger partial charge in [-0.1, -0.05) is 66.7 Å². The van der Waals surface area contributed by atoms with Crippen LogP contribution in [0.4, 0.5) is 0 Å². The van der Waals surface area contributed by atoms with Gasteiger partial charge in [-0.2, -0.15) is 0 Å². The summed E-state index contributed by atoms with van der Waals surface area (Å²) in [7, 11) is 2.16. The Labute approximate surface area is 133 Å². The minimum atomic E-state index is 0. The van der Waals surface area contributed by atoms with Crippen molar-refractivity contribution in [3.8, 4) is 0 Å². The third kappa shape index (κ3) is 9.90. The zero-order valence-corrected chi connectivity index (χ0v) is 15.9. The summed E-state index contributed by atoms with van der Waals surface area (Å²) in [6, 6.07) is 0. The molecule has 0 bridgehead atoms. The van der Waals surface area contributed by atoms with Gasteiger partial charge in [-0.25, -0.2) is 0 Å². The van der Waals surface area contributed by atoms with Crippen LogP contribution in [-0.2, 0) is 0 Å². The fourth-order valence-corrected chi connectivity index (χ4v) is 3.28. The zero-order valence-electron chi connectivity index (χ0n) is 14.2. The summed E-state index contributed by atoms with van der Waals surface area (Å²) in [6.07, 6.45) is 10.8. The average Bonchev–Trinajstić information content (AvgIpc) is 2.29. The number of hydrogen-bond donors (Lipinski definition) is 1. The molecule has 1 unspecified atom stereocenters. The van der Waals surface area contributed by atoms with Crippen LogP contribution in [0.25, 0.3) is 0 Å². The van der Waals surface area contributed by atoms with E-state index in [2.05, 4.69) is 47.0 Å². The fraction of sp³-hybridized carbons (Fsp3) is 1.00. The lowest BCUT2D eigenvalue weighted by Gasteiger charge is -2.36. The van der Waals surface area contributed by atoms with Gasteiger partial charge in [0.2, 0.25) is 0 Å². The van der Waals surface area contributed by atoms with E-state index in [9.17, 15) is 0 Å². The Balaban J connectivity index is 0. The SMILES string of the molecule is Br.CCCC(CCC)(CC(C)CCCC(C)C)NC.